The third-order valence-electron chi connectivity index (χ3n) is 4.63. The molecule has 1 atom stereocenters. The van der Waals surface area contributed by atoms with Crippen LogP contribution in [0.4, 0.5) is 10.2 Å². The molecule has 128 valence electrons. The number of carbonyl (C=O) groups is 1. The van der Waals surface area contributed by atoms with Crippen LogP contribution in [0.25, 0.3) is 0 Å². The summed E-state index contributed by atoms with van der Waals surface area (Å²) < 4.78 is 13.4. The number of hydrogen-bond donors (Lipinski definition) is 2. The molecule has 0 amide bonds. The van der Waals surface area contributed by atoms with E-state index in [0.717, 1.165) is 24.1 Å². The topological polar surface area (TPSA) is 74.8 Å². The van der Waals surface area contributed by atoms with Crippen molar-refractivity contribution >= 4 is 23.4 Å². The van der Waals surface area contributed by atoms with E-state index in [1.807, 2.05) is 6.26 Å². The van der Waals surface area contributed by atoms with E-state index >= 15 is 0 Å². The maximum atomic E-state index is 13.4. The van der Waals surface area contributed by atoms with Crippen LogP contribution >= 0.6 is 11.8 Å². The first-order valence-electron chi connectivity index (χ1n) is 8.05. The molecular formula is C18H16FN3O2S. The number of ketones is 1. The van der Waals surface area contributed by atoms with E-state index in [1.165, 1.54) is 23.9 Å². The molecule has 2 heterocycles. The first-order valence-corrected chi connectivity index (χ1v) is 9.28. The Morgan fingerprint density at radius 2 is 1.96 bits per heavy atom. The second-order valence-corrected chi connectivity index (χ2v) is 6.91. The monoisotopic (exact) mass is 357 g/mol. The predicted molar refractivity (Wildman–Crippen MR) is 94.4 cm³/mol. The van der Waals surface area contributed by atoms with Gasteiger partial charge in [-0.15, -0.1) is 0 Å². The van der Waals surface area contributed by atoms with Crippen LogP contribution in [-0.2, 0) is 4.79 Å². The lowest BCUT2D eigenvalue weighted by atomic mass is 9.76. The number of carbonyl (C=O) groups excluding carboxylic acids is 1. The highest BCUT2D eigenvalue weighted by atomic mass is 32.2. The van der Waals surface area contributed by atoms with Crippen molar-refractivity contribution in [1.82, 2.24) is 9.97 Å². The van der Waals surface area contributed by atoms with Crippen molar-refractivity contribution in [3.05, 3.63) is 62.8 Å². The molecule has 0 saturated carbocycles. The van der Waals surface area contributed by atoms with Crippen molar-refractivity contribution in [1.29, 1.82) is 0 Å². The zero-order valence-corrected chi connectivity index (χ0v) is 14.4. The maximum absolute atomic E-state index is 13.4. The molecule has 0 bridgehead atoms. The van der Waals surface area contributed by atoms with Crippen molar-refractivity contribution in [3.63, 3.8) is 0 Å². The summed E-state index contributed by atoms with van der Waals surface area (Å²) in [5.41, 5.74) is 2.29. The first-order chi connectivity index (χ1) is 12.1. The lowest BCUT2D eigenvalue weighted by Crippen LogP contribution is -2.32. The van der Waals surface area contributed by atoms with E-state index in [4.69, 9.17) is 0 Å². The van der Waals surface area contributed by atoms with E-state index in [1.54, 1.807) is 12.1 Å². The summed E-state index contributed by atoms with van der Waals surface area (Å²) in [7, 11) is 0. The van der Waals surface area contributed by atoms with Crippen LogP contribution in [0.5, 0.6) is 0 Å². The normalized spacial score (nSPS) is 19.3. The van der Waals surface area contributed by atoms with Gasteiger partial charge in [0.05, 0.1) is 5.56 Å². The number of benzene rings is 1. The summed E-state index contributed by atoms with van der Waals surface area (Å²) in [5, 5.41) is 3.71. The molecular weight excluding hydrogens is 341 g/mol. The molecule has 5 nitrogen and oxygen atoms in total. The molecule has 0 spiro atoms. The summed E-state index contributed by atoms with van der Waals surface area (Å²) >= 11 is 1.35. The number of aromatic amines is 1. The average Bonchev–Trinajstić information content (AvgIpc) is 2.61. The Bertz CT molecular complexity index is 950. The molecule has 7 heteroatoms. The minimum Gasteiger partial charge on any atom is -0.343 e. The number of allylic oxidation sites excluding steroid dienone is 2. The van der Waals surface area contributed by atoms with Crippen LogP contribution in [-0.4, -0.2) is 22.0 Å². The van der Waals surface area contributed by atoms with E-state index < -0.39 is 5.92 Å². The van der Waals surface area contributed by atoms with Crippen LogP contribution in [0, 0.1) is 5.82 Å². The number of H-pyrrole nitrogens is 1. The van der Waals surface area contributed by atoms with Crippen molar-refractivity contribution in [2.24, 2.45) is 0 Å². The minimum atomic E-state index is -0.521. The van der Waals surface area contributed by atoms with E-state index in [0.29, 0.717) is 28.5 Å². The third-order valence-corrected chi connectivity index (χ3v) is 5.21. The molecule has 2 aliphatic rings. The molecule has 0 radical (unpaired) electrons. The molecule has 1 aromatic heterocycles. The molecule has 2 aromatic rings. The van der Waals surface area contributed by atoms with Crippen molar-refractivity contribution < 1.29 is 9.18 Å². The number of rotatable bonds is 2. The average molecular weight is 357 g/mol. The molecule has 1 aliphatic heterocycles. The Hall–Kier alpha value is -2.41. The minimum absolute atomic E-state index is 0.0297. The highest BCUT2D eigenvalue weighted by Gasteiger charge is 2.37. The Morgan fingerprint density at radius 1 is 1.20 bits per heavy atom. The molecule has 4 rings (SSSR count). The van der Waals surface area contributed by atoms with Crippen LogP contribution in [0.1, 0.15) is 36.3 Å². The van der Waals surface area contributed by atoms with Crippen LogP contribution in [0.15, 0.2) is 45.5 Å². The fourth-order valence-electron chi connectivity index (χ4n) is 3.53. The van der Waals surface area contributed by atoms with Crippen LogP contribution in [0.2, 0.25) is 0 Å². The Kier molecular flexibility index (Phi) is 3.95. The summed E-state index contributed by atoms with van der Waals surface area (Å²) in [6.45, 7) is 0. The standard InChI is InChI=1S/C18H16FN3O2S/c1-25-18-21-16-15(17(24)22-18)13(9-5-7-10(19)8-6-9)14-11(20-16)3-2-4-12(14)23/h5-8,13H,2-4H2,1H3,(H2,20,21,22,24). The zero-order valence-electron chi connectivity index (χ0n) is 13.6. The smallest absolute Gasteiger partial charge is 0.257 e. The quantitative estimate of drug-likeness (QED) is 0.638. The Balaban J connectivity index is 1.98. The van der Waals surface area contributed by atoms with Gasteiger partial charge in [-0.3, -0.25) is 9.59 Å². The van der Waals surface area contributed by atoms with Gasteiger partial charge in [0, 0.05) is 23.6 Å². The van der Waals surface area contributed by atoms with Crippen molar-refractivity contribution in [2.45, 2.75) is 30.3 Å². The van der Waals surface area contributed by atoms with E-state index in [9.17, 15) is 14.0 Å². The number of aromatic nitrogens is 2. The molecule has 0 fully saturated rings. The van der Waals surface area contributed by atoms with Gasteiger partial charge in [0.15, 0.2) is 10.9 Å². The number of thioether (sulfide) groups is 1. The van der Waals surface area contributed by atoms with Gasteiger partial charge in [-0.1, -0.05) is 23.9 Å². The highest BCUT2D eigenvalue weighted by Crippen LogP contribution is 2.43. The number of anilines is 1. The van der Waals surface area contributed by atoms with Gasteiger partial charge in [-0.2, -0.15) is 0 Å². The summed E-state index contributed by atoms with van der Waals surface area (Å²) in [6, 6.07) is 5.96. The van der Waals surface area contributed by atoms with Gasteiger partial charge in [0.25, 0.3) is 5.56 Å². The number of nitrogens with one attached hydrogen (secondary N) is 2. The van der Waals surface area contributed by atoms with Gasteiger partial charge in [0.1, 0.15) is 11.6 Å². The molecule has 1 aliphatic carbocycles. The summed E-state index contributed by atoms with van der Waals surface area (Å²) in [5.74, 6) is -0.364. The predicted octanol–water partition coefficient (Wildman–Crippen LogP) is 3.20. The second kappa shape index (κ2) is 6.15. The van der Waals surface area contributed by atoms with Gasteiger partial charge < -0.3 is 10.3 Å². The molecule has 1 unspecified atom stereocenters. The number of fused-ring (bicyclic) bond motifs is 1. The van der Waals surface area contributed by atoms with Gasteiger partial charge in [-0.05, 0) is 36.8 Å². The fourth-order valence-corrected chi connectivity index (χ4v) is 3.90. The van der Waals surface area contributed by atoms with E-state index in [2.05, 4.69) is 15.3 Å². The molecule has 25 heavy (non-hydrogen) atoms. The lowest BCUT2D eigenvalue weighted by molar-refractivity contribution is -0.116. The summed E-state index contributed by atoms with van der Waals surface area (Å²) in [4.78, 5) is 32.6. The highest BCUT2D eigenvalue weighted by molar-refractivity contribution is 7.98. The molecule has 2 N–H and O–H groups in total. The van der Waals surface area contributed by atoms with Crippen molar-refractivity contribution in [3.8, 4) is 0 Å². The maximum Gasteiger partial charge on any atom is 0.257 e. The van der Waals surface area contributed by atoms with Gasteiger partial charge >= 0.3 is 0 Å². The van der Waals surface area contributed by atoms with Crippen molar-refractivity contribution in [2.75, 3.05) is 11.6 Å². The zero-order chi connectivity index (χ0) is 17.6. The number of hydrogen-bond acceptors (Lipinski definition) is 5. The number of Topliss-reactive ketones (excluding diaryl/α,β-unsaturated/α-hetero) is 1. The first kappa shape index (κ1) is 16.1. The summed E-state index contributed by atoms with van der Waals surface area (Å²) in [6.07, 6.45) is 3.80. The van der Waals surface area contributed by atoms with Crippen LogP contribution < -0.4 is 10.9 Å². The molecule has 0 saturated heterocycles. The van der Waals surface area contributed by atoms with Gasteiger partial charge in [-0.25, -0.2) is 9.37 Å². The lowest BCUT2D eigenvalue weighted by Gasteiger charge is -2.32. The van der Waals surface area contributed by atoms with Gasteiger partial charge in [0.2, 0.25) is 0 Å². The third kappa shape index (κ3) is 2.68. The second-order valence-electron chi connectivity index (χ2n) is 6.12. The Labute approximate surface area is 147 Å². The fraction of sp³-hybridized carbons (Fsp3) is 0.278. The van der Waals surface area contributed by atoms with Crippen LogP contribution in [0.3, 0.4) is 0 Å². The number of nitrogens with zero attached hydrogens (tertiary/aromatic N) is 1. The Morgan fingerprint density at radius 3 is 2.68 bits per heavy atom. The largest absolute Gasteiger partial charge is 0.343 e. The number of halogens is 1. The SMILES string of the molecule is CSc1nc2c(c(=O)[nH]1)C(c1ccc(F)cc1)C1=C(CCCC1=O)N2. The molecule has 1 aromatic carbocycles. The van der Waals surface area contributed by atoms with E-state index in [-0.39, 0.29) is 17.2 Å².